The Kier molecular flexibility index (Phi) is 5.24. The van der Waals surface area contributed by atoms with Crippen molar-refractivity contribution in [2.45, 2.75) is 38.3 Å². The van der Waals surface area contributed by atoms with Crippen LogP contribution in [-0.2, 0) is 16.6 Å². The van der Waals surface area contributed by atoms with Crippen LogP contribution in [0.4, 0.5) is 0 Å². The first-order valence-electron chi connectivity index (χ1n) is 6.64. The molecule has 2 rings (SSSR count). The van der Waals surface area contributed by atoms with Gasteiger partial charge in [0.1, 0.15) is 0 Å². The van der Waals surface area contributed by atoms with E-state index < -0.39 is 10.0 Å². The zero-order valence-electron chi connectivity index (χ0n) is 12.2. The lowest BCUT2D eigenvalue weighted by Crippen LogP contribution is -2.36. The van der Waals surface area contributed by atoms with Gasteiger partial charge >= 0.3 is 0 Å². The molecule has 114 valence electrons. The van der Waals surface area contributed by atoms with Gasteiger partial charge in [-0.2, -0.15) is 4.31 Å². The van der Waals surface area contributed by atoms with E-state index >= 15 is 0 Å². The summed E-state index contributed by atoms with van der Waals surface area (Å²) in [6.45, 7) is 6.02. The minimum atomic E-state index is -3.49. The number of benzene rings is 1. The van der Waals surface area contributed by atoms with Gasteiger partial charge in [0.25, 0.3) is 0 Å². The summed E-state index contributed by atoms with van der Waals surface area (Å²) in [6.07, 6.45) is 0. The second kappa shape index (κ2) is 6.60. The summed E-state index contributed by atoms with van der Waals surface area (Å²) in [5, 5.41) is 0. The Bertz CT molecular complexity index is 709. The lowest BCUT2D eigenvalue weighted by atomic mass is 10.2. The van der Waals surface area contributed by atoms with E-state index in [-0.39, 0.29) is 6.04 Å². The Balaban J connectivity index is 2.40. The van der Waals surface area contributed by atoms with Gasteiger partial charge in [-0.1, -0.05) is 30.3 Å². The monoisotopic (exact) mass is 387 g/mol. The van der Waals surface area contributed by atoms with Crippen molar-refractivity contribution >= 4 is 37.3 Å². The normalized spacial score (nSPS) is 12.3. The van der Waals surface area contributed by atoms with Crippen LogP contribution in [0.1, 0.15) is 24.3 Å². The molecule has 0 atom stereocenters. The molecule has 21 heavy (non-hydrogen) atoms. The maximum atomic E-state index is 12.9. The molecule has 3 nitrogen and oxygen atoms in total. The summed E-state index contributed by atoms with van der Waals surface area (Å²) in [5.74, 6) is 0. The maximum absolute atomic E-state index is 12.9. The number of nitrogens with zero attached hydrogens (tertiary/aromatic N) is 1. The Morgan fingerprint density at radius 2 is 1.86 bits per heavy atom. The van der Waals surface area contributed by atoms with E-state index in [1.807, 2.05) is 51.1 Å². The second-order valence-corrected chi connectivity index (χ2v) is 9.60. The molecule has 0 saturated carbocycles. The minimum Gasteiger partial charge on any atom is -0.207 e. The molecule has 0 saturated heterocycles. The van der Waals surface area contributed by atoms with Gasteiger partial charge in [-0.3, -0.25) is 0 Å². The molecule has 0 bridgehead atoms. The molecule has 2 aromatic rings. The lowest BCUT2D eigenvalue weighted by Gasteiger charge is -2.26. The number of halogens is 1. The third-order valence-electron chi connectivity index (χ3n) is 3.19. The molecule has 0 amide bonds. The number of aryl methyl sites for hydroxylation is 1. The third kappa shape index (κ3) is 3.74. The largest absolute Gasteiger partial charge is 0.244 e. The van der Waals surface area contributed by atoms with Crippen LogP contribution in [0.3, 0.4) is 0 Å². The highest BCUT2D eigenvalue weighted by Gasteiger charge is 2.29. The Hall–Kier alpha value is -0.690. The third-order valence-corrected chi connectivity index (χ3v) is 7.02. The summed E-state index contributed by atoms with van der Waals surface area (Å²) < 4.78 is 28.2. The zero-order valence-corrected chi connectivity index (χ0v) is 15.4. The van der Waals surface area contributed by atoms with Gasteiger partial charge in [0.05, 0.1) is 8.68 Å². The van der Waals surface area contributed by atoms with Gasteiger partial charge < -0.3 is 0 Å². The van der Waals surface area contributed by atoms with Crippen molar-refractivity contribution in [1.29, 1.82) is 0 Å². The minimum absolute atomic E-state index is 0.103. The van der Waals surface area contributed by atoms with E-state index in [9.17, 15) is 8.42 Å². The fraction of sp³-hybridized carbons (Fsp3) is 0.333. The van der Waals surface area contributed by atoms with Gasteiger partial charge in [-0.25, -0.2) is 8.42 Å². The predicted octanol–water partition coefficient (Wildman–Crippen LogP) is 4.42. The number of hydrogen-bond acceptors (Lipinski definition) is 3. The molecule has 0 aliphatic rings. The van der Waals surface area contributed by atoms with Crippen molar-refractivity contribution in [2.75, 3.05) is 0 Å². The fourth-order valence-corrected chi connectivity index (χ4v) is 6.13. The SMILES string of the molecule is Cc1sc(Br)cc1S(=O)(=O)N(Cc1ccccc1)C(C)C. The van der Waals surface area contributed by atoms with E-state index in [2.05, 4.69) is 15.9 Å². The Morgan fingerprint density at radius 1 is 1.24 bits per heavy atom. The number of thiophene rings is 1. The summed E-state index contributed by atoms with van der Waals surface area (Å²) in [6, 6.07) is 11.3. The standard InChI is InChI=1S/C15H18BrNO2S2/c1-11(2)17(10-13-7-5-4-6-8-13)21(18,19)14-9-15(16)20-12(14)3/h4-9,11H,10H2,1-3H3. The Morgan fingerprint density at radius 3 is 2.33 bits per heavy atom. The quantitative estimate of drug-likeness (QED) is 0.761. The average Bonchev–Trinajstić information content (AvgIpc) is 2.76. The number of rotatable bonds is 5. The van der Waals surface area contributed by atoms with Crippen LogP contribution in [0.5, 0.6) is 0 Å². The van der Waals surface area contributed by atoms with E-state index in [1.54, 1.807) is 10.4 Å². The molecular formula is C15H18BrNO2S2. The highest BCUT2D eigenvalue weighted by Crippen LogP contribution is 2.32. The smallest absolute Gasteiger partial charge is 0.207 e. The van der Waals surface area contributed by atoms with E-state index in [4.69, 9.17) is 0 Å². The van der Waals surface area contributed by atoms with Crippen molar-refractivity contribution in [3.05, 3.63) is 50.6 Å². The Labute approximate surface area is 138 Å². The van der Waals surface area contributed by atoms with Crippen LogP contribution in [-0.4, -0.2) is 18.8 Å². The highest BCUT2D eigenvalue weighted by atomic mass is 79.9. The summed E-state index contributed by atoms with van der Waals surface area (Å²) in [4.78, 5) is 1.20. The van der Waals surface area contributed by atoms with Gasteiger partial charge in [-0.15, -0.1) is 11.3 Å². The molecule has 1 heterocycles. The van der Waals surface area contributed by atoms with Crippen LogP contribution in [0.25, 0.3) is 0 Å². The van der Waals surface area contributed by atoms with Crippen molar-refractivity contribution in [3.63, 3.8) is 0 Å². The van der Waals surface area contributed by atoms with Gasteiger partial charge in [0.2, 0.25) is 10.0 Å². The van der Waals surface area contributed by atoms with Crippen LogP contribution in [0.15, 0.2) is 45.1 Å². The molecule has 0 N–H and O–H groups in total. The first-order valence-corrected chi connectivity index (χ1v) is 9.69. The van der Waals surface area contributed by atoms with Crippen molar-refractivity contribution in [2.24, 2.45) is 0 Å². The molecule has 1 aromatic carbocycles. The molecular weight excluding hydrogens is 370 g/mol. The van der Waals surface area contributed by atoms with Crippen molar-refractivity contribution < 1.29 is 8.42 Å². The molecule has 6 heteroatoms. The van der Waals surface area contributed by atoms with Gasteiger partial charge in [0.15, 0.2) is 0 Å². The topological polar surface area (TPSA) is 37.4 Å². The number of sulfonamides is 1. The second-order valence-electron chi connectivity index (χ2n) is 5.10. The maximum Gasteiger partial charge on any atom is 0.244 e. The molecule has 0 aliphatic carbocycles. The van der Waals surface area contributed by atoms with E-state index in [1.165, 1.54) is 11.3 Å². The van der Waals surface area contributed by atoms with Crippen molar-refractivity contribution in [3.8, 4) is 0 Å². The zero-order chi connectivity index (χ0) is 15.6. The molecule has 0 unspecified atom stereocenters. The molecule has 0 spiro atoms. The lowest BCUT2D eigenvalue weighted by molar-refractivity contribution is 0.348. The van der Waals surface area contributed by atoms with Crippen LogP contribution >= 0.6 is 27.3 Å². The molecule has 1 aromatic heterocycles. The van der Waals surface area contributed by atoms with Gasteiger partial charge in [-0.05, 0) is 48.3 Å². The summed E-state index contributed by atoms with van der Waals surface area (Å²) in [7, 11) is -3.49. The predicted molar refractivity (Wildman–Crippen MR) is 91.1 cm³/mol. The summed E-state index contributed by atoms with van der Waals surface area (Å²) in [5.41, 5.74) is 0.988. The molecule has 0 fully saturated rings. The molecule has 0 radical (unpaired) electrons. The van der Waals surface area contributed by atoms with E-state index in [0.29, 0.717) is 11.4 Å². The van der Waals surface area contributed by atoms with Crippen LogP contribution in [0, 0.1) is 6.92 Å². The fourth-order valence-electron chi connectivity index (χ4n) is 2.12. The molecule has 0 aliphatic heterocycles. The highest BCUT2D eigenvalue weighted by molar-refractivity contribution is 9.11. The van der Waals surface area contributed by atoms with E-state index in [0.717, 1.165) is 14.2 Å². The number of hydrogen-bond donors (Lipinski definition) is 0. The van der Waals surface area contributed by atoms with Crippen molar-refractivity contribution in [1.82, 2.24) is 4.31 Å². The van der Waals surface area contributed by atoms with Crippen LogP contribution in [0.2, 0.25) is 0 Å². The van der Waals surface area contributed by atoms with Crippen LogP contribution < -0.4 is 0 Å². The average molecular weight is 388 g/mol. The van der Waals surface area contributed by atoms with Gasteiger partial charge in [0, 0.05) is 17.5 Å². The first kappa shape index (κ1) is 16.7. The summed E-state index contributed by atoms with van der Waals surface area (Å²) >= 11 is 4.81. The first-order chi connectivity index (χ1) is 9.82.